The third-order valence-corrected chi connectivity index (χ3v) is 7.59. The van der Waals surface area contributed by atoms with Crippen molar-refractivity contribution in [2.75, 3.05) is 45.2 Å². The van der Waals surface area contributed by atoms with Crippen LogP contribution >= 0.6 is 0 Å². The predicted molar refractivity (Wildman–Crippen MR) is 137 cm³/mol. The van der Waals surface area contributed by atoms with Crippen LogP contribution in [0.15, 0.2) is 36.5 Å². The minimum absolute atomic E-state index is 0.0455. The number of hydrogen-bond acceptors (Lipinski definition) is 6. The highest BCUT2D eigenvalue weighted by Gasteiger charge is 2.34. The topological polar surface area (TPSA) is 77.8 Å². The van der Waals surface area contributed by atoms with Gasteiger partial charge < -0.3 is 25.2 Å². The molecule has 1 aliphatic rings. The summed E-state index contributed by atoms with van der Waals surface area (Å²) in [4.78, 5) is 6.70. The maximum absolute atomic E-state index is 13.4. The third-order valence-electron chi connectivity index (χ3n) is 7.59. The lowest BCUT2D eigenvalue weighted by atomic mass is 9.74. The van der Waals surface area contributed by atoms with Gasteiger partial charge in [0.1, 0.15) is 5.75 Å². The normalized spacial score (nSPS) is 16.6. The molecule has 1 saturated heterocycles. The van der Waals surface area contributed by atoms with E-state index >= 15 is 0 Å². The fourth-order valence-electron chi connectivity index (χ4n) is 5.20. The average molecular weight is 518 g/mol. The van der Waals surface area contributed by atoms with Crippen LogP contribution < -0.4 is 10.1 Å². The number of aliphatic hydroxyl groups is 2. The number of rotatable bonds is 10. The number of aromatic nitrogens is 1. The number of halogens is 3. The molecule has 0 aliphatic carbocycles. The maximum Gasteiger partial charge on any atom is 0.194 e. The fraction of sp³-hybridized carbons (Fsp3) is 0.464. The van der Waals surface area contributed by atoms with Gasteiger partial charge in [-0.2, -0.15) is 0 Å². The summed E-state index contributed by atoms with van der Waals surface area (Å²) in [6.07, 6.45) is 3.83. The van der Waals surface area contributed by atoms with E-state index in [4.69, 9.17) is 4.74 Å². The molecule has 2 aromatic carbocycles. The van der Waals surface area contributed by atoms with Gasteiger partial charge in [-0.3, -0.25) is 4.98 Å². The Labute approximate surface area is 215 Å². The summed E-state index contributed by atoms with van der Waals surface area (Å²) in [6.45, 7) is 4.61. The SMILES string of the molecule is COc1ccc2ncc(C)c([C@H](O)CCC3(CO)CCN(CCNc4cc(F)c(F)c(F)c4)CC3)c2c1. The fourth-order valence-corrected chi connectivity index (χ4v) is 5.20. The lowest BCUT2D eigenvalue weighted by Gasteiger charge is -2.41. The van der Waals surface area contributed by atoms with Gasteiger partial charge in [0.25, 0.3) is 0 Å². The highest BCUT2D eigenvalue weighted by molar-refractivity contribution is 5.84. The molecule has 0 spiro atoms. The number of likely N-dealkylation sites (tertiary alicyclic amines) is 1. The van der Waals surface area contributed by atoms with E-state index in [0.29, 0.717) is 31.7 Å². The first-order valence-corrected chi connectivity index (χ1v) is 12.6. The summed E-state index contributed by atoms with van der Waals surface area (Å²) in [6, 6.07) is 7.52. The second-order valence-corrected chi connectivity index (χ2v) is 9.97. The summed E-state index contributed by atoms with van der Waals surface area (Å²) in [5.41, 5.74) is 2.47. The molecular formula is C28H34F3N3O3. The Morgan fingerprint density at radius 3 is 2.49 bits per heavy atom. The van der Waals surface area contributed by atoms with Gasteiger partial charge in [-0.05, 0) is 80.4 Å². The van der Waals surface area contributed by atoms with Crippen molar-refractivity contribution >= 4 is 16.6 Å². The van der Waals surface area contributed by atoms with E-state index < -0.39 is 23.6 Å². The number of piperidine rings is 1. The second kappa shape index (κ2) is 11.7. The molecule has 0 radical (unpaired) electrons. The molecule has 200 valence electrons. The van der Waals surface area contributed by atoms with Gasteiger partial charge in [0.15, 0.2) is 17.5 Å². The Kier molecular flexibility index (Phi) is 8.56. The van der Waals surface area contributed by atoms with Gasteiger partial charge in [-0.25, -0.2) is 13.2 Å². The summed E-state index contributed by atoms with van der Waals surface area (Å²) < 4.78 is 45.3. The Balaban J connectivity index is 1.32. The van der Waals surface area contributed by atoms with Crippen molar-refractivity contribution in [3.63, 3.8) is 0 Å². The quantitative estimate of drug-likeness (QED) is 0.330. The van der Waals surface area contributed by atoms with E-state index in [1.807, 2.05) is 25.1 Å². The molecule has 0 saturated carbocycles. The van der Waals surface area contributed by atoms with Crippen LogP contribution in [0.2, 0.25) is 0 Å². The van der Waals surface area contributed by atoms with E-state index in [9.17, 15) is 23.4 Å². The number of benzene rings is 2. The molecule has 3 N–H and O–H groups in total. The van der Waals surface area contributed by atoms with Crippen LogP contribution in [0.4, 0.5) is 18.9 Å². The molecule has 4 rings (SSSR count). The maximum atomic E-state index is 13.4. The summed E-state index contributed by atoms with van der Waals surface area (Å²) in [7, 11) is 1.61. The van der Waals surface area contributed by atoms with Gasteiger partial charge in [0, 0.05) is 49.1 Å². The van der Waals surface area contributed by atoms with Crippen LogP contribution in [0.1, 0.15) is 42.9 Å². The zero-order valence-electron chi connectivity index (χ0n) is 21.2. The number of fused-ring (bicyclic) bond motifs is 1. The zero-order valence-corrected chi connectivity index (χ0v) is 21.2. The van der Waals surface area contributed by atoms with Crippen LogP contribution in [0.5, 0.6) is 5.75 Å². The highest BCUT2D eigenvalue weighted by atomic mass is 19.2. The molecule has 6 nitrogen and oxygen atoms in total. The van der Waals surface area contributed by atoms with Gasteiger partial charge in [0.2, 0.25) is 0 Å². The average Bonchev–Trinajstić information content (AvgIpc) is 2.90. The molecule has 1 aliphatic heterocycles. The molecule has 0 amide bonds. The third kappa shape index (κ3) is 6.17. The van der Waals surface area contributed by atoms with Crippen molar-refractivity contribution in [3.8, 4) is 5.75 Å². The molecule has 37 heavy (non-hydrogen) atoms. The van der Waals surface area contributed by atoms with Crippen molar-refractivity contribution in [3.05, 3.63) is 65.1 Å². The molecule has 1 fully saturated rings. The number of aryl methyl sites for hydroxylation is 1. The minimum Gasteiger partial charge on any atom is -0.497 e. The van der Waals surface area contributed by atoms with Gasteiger partial charge in [-0.1, -0.05) is 0 Å². The molecule has 9 heteroatoms. The van der Waals surface area contributed by atoms with Crippen LogP contribution in [-0.4, -0.2) is 60.0 Å². The highest BCUT2D eigenvalue weighted by Crippen LogP contribution is 2.39. The van der Waals surface area contributed by atoms with Crippen molar-refractivity contribution in [2.45, 2.75) is 38.7 Å². The molecule has 1 aromatic heterocycles. The number of nitrogens with zero attached hydrogens (tertiary/aromatic N) is 2. The van der Waals surface area contributed by atoms with Crippen molar-refractivity contribution < 1.29 is 28.1 Å². The van der Waals surface area contributed by atoms with Crippen LogP contribution in [-0.2, 0) is 0 Å². The van der Waals surface area contributed by atoms with Crippen molar-refractivity contribution in [2.24, 2.45) is 5.41 Å². The first-order valence-electron chi connectivity index (χ1n) is 12.6. The molecule has 0 unspecified atom stereocenters. The first kappa shape index (κ1) is 27.2. The van der Waals surface area contributed by atoms with E-state index in [2.05, 4.69) is 15.2 Å². The molecule has 2 heterocycles. The number of ether oxygens (including phenoxy) is 1. The zero-order chi connectivity index (χ0) is 26.6. The van der Waals surface area contributed by atoms with Crippen LogP contribution in [0.3, 0.4) is 0 Å². The number of aliphatic hydroxyl groups excluding tert-OH is 2. The number of methoxy groups -OCH3 is 1. The van der Waals surface area contributed by atoms with Crippen LogP contribution in [0, 0.1) is 29.8 Å². The number of hydrogen-bond donors (Lipinski definition) is 3. The second-order valence-electron chi connectivity index (χ2n) is 9.97. The number of pyridine rings is 1. The first-order chi connectivity index (χ1) is 17.7. The Morgan fingerprint density at radius 2 is 1.84 bits per heavy atom. The number of anilines is 1. The summed E-state index contributed by atoms with van der Waals surface area (Å²) >= 11 is 0. The Morgan fingerprint density at radius 1 is 1.14 bits per heavy atom. The Bertz CT molecular complexity index is 1210. The van der Waals surface area contributed by atoms with Crippen molar-refractivity contribution in [1.29, 1.82) is 0 Å². The van der Waals surface area contributed by atoms with Crippen molar-refractivity contribution in [1.82, 2.24) is 9.88 Å². The standard InChI is InChI=1S/C28H34F3N3O3/c1-18-16-33-24-4-3-20(37-2)15-21(24)26(18)25(36)5-6-28(17-35)7-10-34(11-8-28)12-9-32-19-13-22(29)27(31)23(30)14-19/h3-4,13-16,25,32,35-36H,5-12,17H2,1-2H3/t25-/m1/s1. The minimum atomic E-state index is -1.47. The van der Waals surface area contributed by atoms with Gasteiger partial charge in [-0.15, -0.1) is 0 Å². The largest absolute Gasteiger partial charge is 0.497 e. The smallest absolute Gasteiger partial charge is 0.194 e. The lowest BCUT2D eigenvalue weighted by Crippen LogP contribution is -2.43. The summed E-state index contributed by atoms with van der Waals surface area (Å²) in [5.74, 6) is -3.20. The monoisotopic (exact) mass is 517 g/mol. The molecular weight excluding hydrogens is 483 g/mol. The Hall–Kier alpha value is -2.88. The van der Waals surface area contributed by atoms with Gasteiger partial charge >= 0.3 is 0 Å². The van der Waals surface area contributed by atoms with E-state index in [0.717, 1.165) is 60.1 Å². The van der Waals surface area contributed by atoms with Crippen LogP contribution in [0.25, 0.3) is 10.9 Å². The van der Waals surface area contributed by atoms with Gasteiger partial charge in [0.05, 0.1) is 18.7 Å². The van der Waals surface area contributed by atoms with E-state index in [1.165, 1.54) is 0 Å². The number of nitrogens with one attached hydrogen (secondary N) is 1. The molecule has 1 atom stereocenters. The molecule has 3 aromatic rings. The van der Waals surface area contributed by atoms with E-state index in [1.54, 1.807) is 13.3 Å². The van der Waals surface area contributed by atoms with E-state index in [-0.39, 0.29) is 17.7 Å². The lowest BCUT2D eigenvalue weighted by molar-refractivity contribution is 0.0247. The predicted octanol–water partition coefficient (Wildman–Crippen LogP) is 4.97. The summed E-state index contributed by atoms with van der Waals surface area (Å²) in [5, 5.41) is 25.3. The molecule has 0 bridgehead atoms.